The van der Waals surface area contributed by atoms with Gasteiger partial charge in [0.25, 0.3) is 5.91 Å². The molecule has 0 saturated heterocycles. The van der Waals surface area contributed by atoms with Gasteiger partial charge in [0.1, 0.15) is 0 Å². The zero-order chi connectivity index (χ0) is 12.3. The molecule has 1 aromatic heterocycles. The fourth-order valence-electron chi connectivity index (χ4n) is 1.53. The lowest BCUT2D eigenvalue weighted by molar-refractivity contribution is 0.0955. The Morgan fingerprint density at radius 1 is 1.35 bits per heavy atom. The fraction of sp³-hybridized carbons (Fsp3) is 0.154. The van der Waals surface area contributed by atoms with E-state index >= 15 is 0 Å². The third-order valence-electron chi connectivity index (χ3n) is 2.37. The van der Waals surface area contributed by atoms with E-state index in [1.165, 1.54) is 11.3 Å². The Hall–Kier alpha value is -1.81. The number of nitrogens with two attached hydrogens (primary N) is 1. The molecule has 1 aromatic carbocycles. The van der Waals surface area contributed by atoms with Gasteiger partial charge in [0.15, 0.2) is 0 Å². The number of carbonyl (C=O) groups is 1. The van der Waals surface area contributed by atoms with Crippen LogP contribution in [0.15, 0.2) is 36.4 Å². The van der Waals surface area contributed by atoms with Gasteiger partial charge in [-0.1, -0.05) is 12.1 Å². The van der Waals surface area contributed by atoms with Crippen molar-refractivity contribution in [3.05, 3.63) is 51.7 Å². The Kier molecular flexibility index (Phi) is 3.44. The summed E-state index contributed by atoms with van der Waals surface area (Å²) < 4.78 is 0. The number of benzene rings is 1. The van der Waals surface area contributed by atoms with Crippen molar-refractivity contribution < 1.29 is 4.79 Å². The van der Waals surface area contributed by atoms with Gasteiger partial charge in [0.05, 0.1) is 4.88 Å². The molecular formula is C13H14N2OS. The quantitative estimate of drug-likeness (QED) is 0.818. The van der Waals surface area contributed by atoms with Gasteiger partial charge in [-0.15, -0.1) is 11.3 Å². The molecule has 0 saturated carbocycles. The van der Waals surface area contributed by atoms with Crippen molar-refractivity contribution in [2.75, 3.05) is 5.73 Å². The molecule has 0 radical (unpaired) electrons. The molecule has 1 heterocycles. The highest BCUT2D eigenvalue weighted by molar-refractivity contribution is 7.13. The molecule has 0 bridgehead atoms. The highest BCUT2D eigenvalue weighted by Crippen LogP contribution is 2.15. The monoisotopic (exact) mass is 246 g/mol. The van der Waals surface area contributed by atoms with E-state index in [-0.39, 0.29) is 5.91 Å². The molecular weight excluding hydrogens is 232 g/mol. The van der Waals surface area contributed by atoms with Gasteiger partial charge < -0.3 is 11.1 Å². The third kappa shape index (κ3) is 3.07. The van der Waals surface area contributed by atoms with Gasteiger partial charge in [0.2, 0.25) is 0 Å². The molecule has 0 aliphatic carbocycles. The first kappa shape index (κ1) is 11.7. The second-order valence-corrected chi connectivity index (χ2v) is 5.13. The number of nitrogens with one attached hydrogen (secondary N) is 1. The molecule has 0 aliphatic heterocycles. The predicted octanol–water partition coefficient (Wildman–Crippen LogP) is 2.57. The van der Waals surface area contributed by atoms with E-state index in [4.69, 9.17) is 5.73 Å². The summed E-state index contributed by atoms with van der Waals surface area (Å²) in [5.74, 6) is -0.0366. The number of hydrogen-bond donors (Lipinski definition) is 2. The molecule has 2 aromatic rings. The number of rotatable bonds is 3. The zero-order valence-corrected chi connectivity index (χ0v) is 10.4. The summed E-state index contributed by atoms with van der Waals surface area (Å²) in [6.45, 7) is 2.49. The van der Waals surface area contributed by atoms with E-state index in [9.17, 15) is 4.79 Å². The van der Waals surface area contributed by atoms with E-state index in [0.29, 0.717) is 12.2 Å². The predicted molar refractivity (Wildman–Crippen MR) is 71.1 cm³/mol. The SMILES string of the molecule is Cc1ccc(C(=O)NCc2cccc(N)c2)s1. The lowest BCUT2D eigenvalue weighted by Gasteiger charge is -2.04. The summed E-state index contributed by atoms with van der Waals surface area (Å²) in [5.41, 5.74) is 7.39. The van der Waals surface area contributed by atoms with Crippen LogP contribution in [0, 0.1) is 6.92 Å². The average molecular weight is 246 g/mol. The van der Waals surface area contributed by atoms with Crippen LogP contribution in [0.5, 0.6) is 0 Å². The smallest absolute Gasteiger partial charge is 0.261 e. The summed E-state index contributed by atoms with van der Waals surface area (Å²) in [6.07, 6.45) is 0. The molecule has 0 spiro atoms. The number of nitrogen functional groups attached to an aromatic ring is 1. The molecule has 4 heteroatoms. The maximum atomic E-state index is 11.8. The van der Waals surface area contributed by atoms with Gasteiger partial charge in [0, 0.05) is 17.1 Å². The average Bonchev–Trinajstić information content (AvgIpc) is 2.73. The molecule has 0 aliphatic rings. The minimum absolute atomic E-state index is 0.0366. The summed E-state index contributed by atoms with van der Waals surface area (Å²) in [6, 6.07) is 11.3. The van der Waals surface area contributed by atoms with Crippen molar-refractivity contribution in [3.63, 3.8) is 0 Å². The number of carbonyl (C=O) groups excluding carboxylic acids is 1. The highest BCUT2D eigenvalue weighted by atomic mass is 32.1. The van der Waals surface area contributed by atoms with Crippen LogP contribution in [-0.4, -0.2) is 5.91 Å². The number of hydrogen-bond acceptors (Lipinski definition) is 3. The van der Waals surface area contributed by atoms with E-state index in [0.717, 1.165) is 15.3 Å². The molecule has 0 unspecified atom stereocenters. The summed E-state index contributed by atoms with van der Waals surface area (Å²) in [7, 11) is 0. The first-order valence-corrected chi connectivity index (χ1v) is 6.16. The first-order chi connectivity index (χ1) is 8.15. The van der Waals surface area contributed by atoms with Crippen LogP contribution >= 0.6 is 11.3 Å². The number of thiophene rings is 1. The largest absolute Gasteiger partial charge is 0.399 e. The van der Waals surface area contributed by atoms with Gasteiger partial charge >= 0.3 is 0 Å². The van der Waals surface area contributed by atoms with Crippen LogP contribution in [0.3, 0.4) is 0 Å². The third-order valence-corrected chi connectivity index (χ3v) is 3.37. The molecule has 1 amide bonds. The Morgan fingerprint density at radius 2 is 2.18 bits per heavy atom. The summed E-state index contributed by atoms with van der Waals surface area (Å²) in [4.78, 5) is 13.7. The van der Waals surface area contributed by atoms with Crippen LogP contribution in [-0.2, 0) is 6.54 Å². The highest BCUT2D eigenvalue weighted by Gasteiger charge is 2.07. The molecule has 3 nitrogen and oxygen atoms in total. The van der Waals surface area contributed by atoms with Crippen LogP contribution in [0.4, 0.5) is 5.69 Å². The molecule has 17 heavy (non-hydrogen) atoms. The minimum atomic E-state index is -0.0366. The summed E-state index contributed by atoms with van der Waals surface area (Å²) >= 11 is 1.50. The maximum absolute atomic E-state index is 11.8. The van der Waals surface area contributed by atoms with Crippen molar-refractivity contribution in [3.8, 4) is 0 Å². The van der Waals surface area contributed by atoms with Crippen LogP contribution in [0.1, 0.15) is 20.1 Å². The molecule has 88 valence electrons. The molecule has 2 rings (SSSR count). The lowest BCUT2D eigenvalue weighted by Crippen LogP contribution is -2.21. The van der Waals surface area contributed by atoms with Crippen LogP contribution in [0.2, 0.25) is 0 Å². The Balaban J connectivity index is 1.97. The topological polar surface area (TPSA) is 55.1 Å². The molecule has 0 fully saturated rings. The van der Waals surface area contributed by atoms with Crippen LogP contribution in [0.25, 0.3) is 0 Å². The van der Waals surface area contributed by atoms with Gasteiger partial charge in [-0.05, 0) is 36.8 Å². The zero-order valence-electron chi connectivity index (χ0n) is 9.57. The standard InChI is InChI=1S/C13H14N2OS/c1-9-5-6-12(17-9)13(16)15-8-10-3-2-4-11(14)7-10/h2-7H,8,14H2,1H3,(H,15,16). The lowest BCUT2D eigenvalue weighted by atomic mass is 10.2. The van der Waals surface area contributed by atoms with Gasteiger partial charge in [-0.3, -0.25) is 4.79 Å². The van der Waals surface area contributed by atoms with Crippen LogP contribution < -0.4 is 11.1 Å². The molecule has 3 N–H and O–H groups in total. The van der Waals surface area contributed by atoms with E-state index < -0.39 is 0 Å². The van der Waals surface area contributed by atoms with Crippen molar-refractivity contribution in [2.45, 2.75) is 13.5 Å². The van der Waals surface area contributed by atoms with Gasteiger partial charge in [-0.2, -0.15) is 0 Å². The van der Waals surface area contributed by atoms with Crippen molar-refractivity contribution in [1.29, 1.82) is 0 Å². The normalized spacial score (nSPS) is 10.2. The maximum Gasteiger partial charge on any atom is 0.261 e. The Labute approximate surface area is 104 Å². The minimum Gasteiger partial charge on any atom is -0.399 e. The van der Waals surface area contributed by atoms with E-state index in [1.54, 1.807) is 0 Å². The Bertz CT molecular complexity index is 534. The number of amides is 1. The number of aryl methyl sites for hydroxylation is 1. The summed E-state index contributed by atoms with van der Waals surface area (Å²) in [5, 5.41) is 2.87. The second-order valence-electron chi connectivity index (χ2n) is 3.84. The van der Waals surface area contributed by atoms with Gasteiger partial charge in [-0.25, -0.2) is 0 Å². The van der Waals surface area contributed by atoms with Crippen molar-refractivity contribution in [1.82, 2.24) is 5.32 Å². The first-order valence-electron chi connectivity index (χ1n) is 5.34. The van der Waals surface area contributed by atoms with E-state index in [2.05, 4.69) is 5.32 Å². The number of anilines is 1. The van der Waals surface area contributed by atoms with E-state index in [1.807, 2.05) is 43.3 Å². The van der Waals surface area contributed by atoms with Crippen molar-refractivity contribution in [2.24, 2.45) is 0 Å². The fourth-order valence-corrected chi connectivity index (χ4v) is 2.31. The van der Waals surface area contributed by atoms with Crippen molar-refractivity contribution >= 4 is 22.9 Å². The Morgan fingerprint density at radius 3 is 2.82 bits per heavy atom. The molecule has 0 atom stereocenters. The second kappa shape index (κ2) is 5.01.